The quantitative estimate of drug-likeness (QED) is 0.676. The zero-order valence-corrected chi connectivity index (χ0v) is 16.3. The fraction of sp³-hybridized carbons (Fsp3) is 0.435. The standard InChI is InChI=1S/C23H26ClNO2/c24-18-9-7-17(8-10-18)23(15-3-4-16-23)22(26)25-19-11-13-21(14-12-19)27-20-5-1-2-6-20/h7-14,20H,1-6,15-16H2,(H,25,26). The van der Waals surface area contributed by atoms with Gasteiger partial charge in [0.15, 0.2) is 0 Å². The maximum atomic E-state index is 13.2. The molecule has 2 aromatic rings. The van der Waals surface area contributed by atoms with Crippen molar-refractivity contribution in [1.29, 1.82) is 0 Å². The molecule has 2 aromatic carbocycles. The van der Waals surface area contributed by atoms with E-state index in [0.29, 0.717) is 11.1 Å². The van der Waals surface area contributed by atoms with E-state index in [-0.39, 0.29) is 5.91 Å². The zero-order valence-electron chi connectivity index (χ0n) is 15.5. The van der Waals surface area contributed by atoms with Crippen molar-refractivity contribution in [3.63, 3.8) is 0 Å². The lowest BCUT2D eigenvalue weighted by molar-refractivity contribution is -0.121. The molecule has 2 saturated carbocycles. The second-order valence-electron chi connectivity index (χ2n) is 7.80. The van der Waals surface area contributed by atoms with Crippen molar-refractivity contribution < 1.29 is 9.53 Å². The third-order valence-corrected chi connectivity index (χ3v) is 6.26. The summed E-state index contributed by atoms with van der Waals surface area (Å²) in [6.07, 6.45) is 9.04. The van der Waals surface area contributed by atoms with Gasteiger partial charge in [-0.3, -0.25) is 4.79 Å². The highest BCUT2D eigenvalue weighted by Gasteiger charge is 2.42. The molecule has 2 aliphatic rings. The Bertz CT molecular complexity index is 773. The van der Waals surface area contributed by atoms with Crippen LogP contribution in [-0.4, -0.2) is 12.0 Å². The Hall–Kier alpha value is -2.00. The van der Waals surface area contributed by atoms with Gasteiger partial charge in [0.05, 0.1) is 11.5 Å². The molecule has 2 fully saturated rings. The molecule has 0 aliphatic heterocycles. The molecule has 0 bridgehead atoms. The lowest BCUT2D eigenvalue weighted by Crippen LogP contribution is -2.37. The molecule has 0 saturated heterocycles. The van der Waals surface area contributed by atoms with Crippen molar-refractivity contribution in [2.75, 3.05) is 5.32 Å². The summed E-state index contributed by atoms with van der Waals surface area (Å²) in [5.41, 5.74) is 1.42. The van der Waals surface area contributed by atoms with E-state index in [1.54, 1.807) is 0 Å². The number of hydrogen-bond donors (Lipinski definition) is 1. The van der Waals surface area contributed by atoms with Crippen LogP contribution >= 0.6 is 11.6 Å². The molecule has 1 N–H and O–H groups in total. The van der Waals surface area contributed by atoms with Crippen molar-refractivity contribution in [1.82, 2.24) is 0 Å². The Morgan fingerprint density at radius 3 is 2.19 bits per heavy atom. The van der Waals surface area contributed by atoms with E-state index in [0.717, 1.165) is 55.5 Å². The second-order valence-corrected chi connectivity index (χ2v) is 8.24. The van der Waals surface area contributed by atoms with Crippen molar-refractivity contribution in [3.8, 4) is 5.75 Å². The van der Waals surface area contributed by atoms with Crippen molar-refractivity contribution in [2.45, 2.75) is 62.9 Å². The molecule has 0 spiro atoms. The second kappa shape index (κ2) is 7.93. The summed E-state index contributed by atoms with van der Waals surface area (Å²) in [6.45, 7) is 0. The fourth-order valence-electron chi connectivity index (χ4n) is 4.46. The van der Waals surface area contributed by atoms with Crippen molar-refractivity contribution in [2.24, 2.45) is 0 Å². The molecule has 0 unspecified atom stereocenters. The maximum Gasteiger partial charge on any atom is 0.235 e. The molecular weight excluding hydrogens is 358 g/mol. The zero-order chi connectivity index (χ0) is 18.7. The van der Waals surface area contributed by atoms with Gasteiger partial charge in [0, 0.05) is 10.7 Å². The van der Waals surface area contributed by atoms with E-state index < -0.39 is 5.41 Å². The maximum absolute atomic E-state index is 13.2. The first-order valence-electron chi connectivity index (χ1n) is 10.00. The summed E-state index contributed by atoms with van der Waals surface area (Å²) in [5, 5.41) is 3.83. The lowest BCUT2D eigenvalue weighted by Gasteiger charge is -2.28. The molecule has 0 atom stereocenters. The Balaban J connectivity index is 1.47. The first-order chi connectivity index (χ1) is 13.2. The number of ether oxygens (including phenoxy) is 1. The van der Waals surface area contributed by atoms with Crippen LogP contribution in [0.1, 0.15) is 56.9 Å². The van der Waals surface area contributed by atoms with E-state index in [2.05, 4.69) is 5.32 Å². The third-order valence-electron chi connectivity index (χ3n) is 6.01. The van der Waals surface area contributed by atoms with Crippen LogP contribution in [0.15, 0.2) is 48.5 Å². The molecule has 0 heterocycles. The minimum atomic E-state index is -0.455. The Morgan fingerprint density at radius 1 is 0.926 bits per heavy atom. The molecule has 2 aliphatic carbocycles. The highest BCUT2D eigenvalue weighted by Crippen LogP contribution is 2.42. The Kier molecular flexibility index (Phi) is 5.40. The van der Waals surface area contributed by atoms with Crippen LogP contribution in [0.5, 0.6) is 5.75 Å². The number of benzene rings is 2. The van der Waals surface area contributed by atoms with E-state index >= 15 is 0 Å². The molecule has 27 heavy (non-hydrogen) atoms. The van der Waals surface area contributed by atoms with Gasteiger partial charge in [-0.1, -0.05) is 36.6 Å². The van der Waals surface area contributed by atoms with Crippen molar-refractivity contribution in [3.05, 3.63) is 59.1 Å². The highest BCUT2D eigenvalue weighted by molar-refractivity contribution is 6.30. The SMILES string of the molecule is O=C(Nc1ccc(OC2CCCC2)cc1)C1(c2ccc(Cl)cc2)CCCC1. The average molecular weight is 384 g/mol. The molecule has 0 radical (unpaired) electrons. The van der Waals surface area contributed by atoms with Crippen LogP contribution in [0.3, 0.4) is 0 Å². The van der Waals surface area contributed by atoms with Gasteiger partial charge in [0.25, 0.3) is 0 Å². The number of anilines is 1. The molecule has 1 amide bonds. The van der Waals surface area contributed by atoms with Gasteiger partial charge in [-0.2, -0.15) is 0 Å². The number of rotatable bonds is 5. The van der Waals surface area contributed by atoms with Gasteiger partial charge in [-0.05, 0) is 80.5 Å². The Labute approximate surface area is 166 Å². The molecular formula is C23H26ClNO2. The van der Waals surface area contributed by atoms with Gasteiger partial charge < -0.3 is 10.1 Å². The summed E-state index contributed by atoms with van der Waals surface area (Å²) >= 11 is 6.04. The van der Waals surface area contributed by atoms with Gasteiger partial charge in [0.2, 0.25) is 5.91 Å². The summed E-state index contributed by atoms with van der Waals surface area (Å²) in [6, 6.07) is 15.5. The number of nitrogens with one attached hydrogen (secondary N) is 1. The van der Waals surface area contributed by atoms with Gasteiger partial charge in [-0.25, -0.2) is 0 Å². The number of carbonyl (C=O) groups is 1. The van der Waals surface area contributed by atoms with Crippen LogP contribution in [0, 0.1) is 0 Å². The van der Waals surface area contributed by atoms with Crippen LogP contribution in [0.2, 0.25) is 5.02 Å². The summed E-state index contributed by atoms with van der Waals surface area (Å²) in [7, 11) is 0. The fourth-order valence-corrected chi connectivity index (χ4v) is 4.59. The normalized spacial score (nSPS) is 19.1. The predicted octanol–water partition coefficient (Wildman–Crippen LogP) is 6.11. The number of carbonyl (C=O) groups excluding carboxylic acids is 1. The number of hydrogen-bond acceptors (Lipinski definition) is 2. The predicted molar refractivity (Wildman–Crippen MR) is 110 cm³/mol. The summed E-state index contributed by atoms with van der Waals surface area (Å²) in [4.78, 5) is 13.2. The minimum absolute atomic E-state index is 0.0757. The molecule has 142 valence electrons. The van der Waals surface area contributed by atoms with E-state index in [1.807, 2.05) is 48.5 Å². The largest absolute Gasteiger partial charge is 0.490 e. The van der Waals surface area contributed by atoms with Gasteiger partial charge in [0.1, 0.15) is 5.75 Å². The van der Waals surface area contributed by atoms with E-state index in [1.165, 1.54) is 12.8 Å². The molecule has 3 nitrogen and oxygen atoms in total. The third kappa shape index (κ3) is 3.98. The monoisotopic (exact) mass is 383 g/mol. The molecule has 4 rings (SSSR count). The van der Waals surface area contributed by atoms with E-state index in [9.17, 15) is 4.79 Å². The van der Waals surface area contributed by atoms with Crippen molar-refractivity contribution >= 4 is 23.2 Å². The molecule has 0 aromatic heterocycles. The average Bonchev–Trinajstić information content (AvgIpc) is 3.36. The van der Waals surface area contributed by atoms with Gasteiger partial charge >= 0.3 is 0 Å². The van der Waals surface area contributed by atoms with Crippen LogP contribution in [-0.2, 0) is 10.2 Å². The van der Waals surface area contributed by atoms with Crippen LogP contribution in [0.25, 0.3) is 0 Å². The number of amides is 1. The van der Waals surface area contributed by atoms with Gasteiger partial charge in [-0.15, -0.1) is 0 Å². The molecule has 4 heteroatoms. The van der Waals surface area contributed by atoms with Crippen LogP contribution < -0.4 is 10.1 Å². The highest BCUT2D eigenvalue weighted by atomic mass is 35.5. The lowest BCUT2D eigenvalue weighted by atomic mass is 9.78. The van der Waals surface area contributed by atoms with Crippen LogP contribution in [0.4, 0.5) is 5.69 Å². The van der Waals surface area contributed by atoms with E-state index in [4.69, 9.17) is 16.3 Å². The topological polar surface area (TPSA) is 38.3 Å². The minimum Gasteiger partial charge on any atom is -0.490 e. The first-order valence-corrected chi connectivity index (χ1v) is 10.4. The summed E-state index contributed by atoms with van der Waals surface area (Å²) < 4.78 is 6.01. The smallest absolute Gasteiger partial charge is 0.235 e. The number of halogens is 1. The first kappa shape index (κ1) is 18.4. The Morgan fingerprint density at radius 2 is 1.56 bits per heavy atom. The summed E-state index contributed by atoms with van der Waals surface area (Å²) in [5.74, 6) is 0.958.